The van der Waals surface area contributed by atoms with E-state index in [1.54, 1.807) is 44.2 Å². The van der Waals surface area contributed by atoms with E-state index in [1.807, 2.05) is 11.5 Å². The number of hydrogen-bond acceptors (Lipinski definition) is 3. The molecule has 7 heteroatoms. The Morgan fingerprint density at radius 1 is 1.00 bits per heavy atom. The van der Waals surface area contributed by atoms with Crippen LogP contribution in [0.15, 0.2) is 54.6 Å². The summed E-state index contributed by atoms with van der Waals surface area (Å²) < 4.78 is 50.1. The second-order valence-electron chi connectivity index (χ2n) is 6.55. The van der Waals surface area contributed by atoms with Crippen LogP contribution in [0.5, 0.6) is 11.5 Å². The van der Waals surface area contributed by atoms with Gasteiger partial charge < -0.3 is 14.0 Å². The van der Waals surface area contributed by atoms with Crippen LogP contribution in [0.4, 0.5) is 13.2 Å². The third-order valence-corrected chi connectivity index (χ3v) is 4.53. The number of ketones is 1. The summed E-state index contributed by atoms with van der Waals surface area (Å²) in [6, 6.07) is 13.8. The van der Waals surface area contributed by atoms with Gasteiger partial charge in [-0.3, -0.25) is 4.79 Å². The molecule has 0 saturated heterocycles. The molecule has 2 aromatic carbocycles. The maximum atomic E-state index is 13.8. The molecule has 1 heterocycles. The fourth-order valence-electron chi connectivity index (χ4n) is 3.19. The monoisotopic (exact) mass is 403 g/mol. The lowest BCUT2D eigenvalue weighted by Crippen LogP contribution is -2.24. The number of aryl methyl sites for hydroxylation is 1. The van der Waals surface area contributed by atoms with Gasteiger partial charge in [0.25, 0.3) is 0 Å². The van der Waals surface area contributed by atoms with Crippen molar-refractivity contribution in [2.24, 2.45) is 0 Å². The molecule has 0 bridgehead atoms. The molecule has 152 valence electrons. The molecule has 0 N–H and O–H groups in total. The molecule has 0 aliphatic carbocycles. The third kappa shape index (κ3) is 4.45. The normalized spacial score (nSPS) is 12.1. The summed E-state index contributed by atoms with van der Waals surface area (Å²) in [5.74, 6) is -0.764. The summed E-state index contributed by atoms with van der Waals surface area (Å²) in [6.07, 6.45) is -0.886. The smallest absolute Gasteiger partial charge is 0.387 e. The summed E-state index contributed by atoms with van der Waals surface area (Å²) in [7, 11) is 0. The van der Waals surface area contributed by atoms with E-state index in [9.17, 15) is 18.0 Å². The lowest BCUT2D eigenvalue weighted by atomic mass is 10.1. The number of hydrogen-bond donors (Lipinski definition) is 0. The fraction of sp³-hybridized carbons (Fsp3) is 0.227. The highest BCUT2D eigenvalue weighted by Gasteiger charge is 2.23. The van der Waals surface area contributed by atoms with E-state index in [0.717, 1.165) is 5.69 Å². The van der Waals surface area contributed by atoms with Crippen LogP contribution in [0.25, 0.3) is 5.69 Å². The van der Waals surface area contributed by atoms with Gasteiger partial charge in [0.2, 0.25) is 5.78 Å². The number of carbonyl (C=O) groups excluding carboxylic acids is 1. The van der Waals surface area contributed by atoms with Crippen molar-refractivity contribution in [1.82, 2.24) is 4.57 Å². The van der Waals surface area contributed by atoms with Crippen molar-refractivity contribution in [2.75, 3.05) is 0 Å². The maximum absolute atomic E-state index is 13.8. The van der Waals surface area contributed by atoms with E-state index >= 15 is 0 Å². The Bertz CT molecular complexity index is 1010. The Hall–Kier alpha value is -3.22. The van der Waals surface area contributed by atoms with Crippen LogP contribution in [0.2, 0.25) is 0 Å². The maximum Gasteiger partial charge on any atom is 0.387 e. The summed E-state index contributed by atoms with van der Waals surface area (Å²) in [5, 5.41) is 0. The molecule has 1 atom stereocenters. The Morgan fingerprint density at radius 2 is 1.66 bits per heavy atom. The zero-order valence-electron chi connectivity index (χ0n) is 16.2. The molecule has 1 aromatic heterocycles. The standard InChI is InChI=1S/C22H20F3NO3/c1-13-12-18(21(27)15(3)28-20-7-5-4-6-19(20)23)14(2)26(13)16-8-10-17(11-9-16)29-22(24)25/h4-12,15,22H,1-3H3/t15-/m0/s1. The highest BCUT2D eigenvalue weighted by Crippen LogP contribution is 2.25. The summed E-state index contributed by atoms with van der Waals surface area (Å²) in [5.41, 5.74) is 2.59. The first-order chi connectivity index (χ1) is 13.8. The van der Waals surface area contributed by atoms with Gasteiger partial charge in [-0.15, -0.1) is 0 Å². The zero-order chi connectivity index (χ0) is 21.1. The number of nitrogens with zero attached hydrogens (tertiary/aromatic N) is 1. The summed E-state index contributed by atoms with van der Waals surface area (Å²) in [4.78, 5) is 12.9. The zero-order valence-corrected chi connectivity index (χ0v) is 16.2. The van der Waals surface area contributed by atoms with Gasteiger partial charge in [-0.2, -0.15) is 8.78 Å². The highest BCUT2D eigenvalue weighted by atomic mass is 19.3. The van der Waals surface area contributed by atoms with Crippen LogP contribution >= 0.6 is 0 Å². The van der Waals surface area contributed by atoms with Gasteiger partial charge >= 0.3 is 6.61 Å². The van der Waals surface area contributed by atoms with Gasteiger partial charge in [0, 0.05) is 22.6 Å². The van der Waals surface area contributed by atoms with Gasteiger partial charge in [0.15, 0.2) is 17.7 Å². The minimum atomic E-state index is -2.89. The average molecular weight is 403 g/mol. The van der Waals surface area contributed by atoms with Crippen molar-refractivity contribution >= 4 is 5.78 Å². The molecule has 0 fully saturated rings. The largest absolute Gasteiger partial charge is 0.479 e. The molecule has 29 heavy (non-hydrogen) atoms. The molecular weight excluding hydrogens is 383 g/mol. The first-order valence-corrected chi connectivity index (χ1v) is 8.97. The molecule has 0 radical (unpaired) electrons. The number of ether oxygens (including phenoxy) is 2. The van der Waals surface area contributed by atoms with Crippen molar-refractivity contribution in [3.63, 3.8) is 0 Å². The minimum absolute atomic E-state index is 0.0109. The molecule has 0 unspecified atom stereocenters. The van der Waals surface area contributed by atoms with Crippen molar-refractivity contribution in [3.8, 4) is 17.2 Å². The molecule has 0 amide bonds. The van der Waals surface area contributed by atoms with Gasteiger partial charge in [-0.25, -0.2) is 4.39 Å². The second-order valence-corrected chi connectivity index (χ2v) is 6.55. The SMILES string of the molecule is Cc1cc(C(=O)[C@H](C)Oc2ccccc2F)c(C)n1-c1ccc(OC(F)F)cc1. The predicted octanol–water partition coefficient (Wildman–Crippen LogP) is 5.48. The van der Waals surface area contributed by atoms with Gasteiger partial charge in [-0.05, 0) is 63.2 Å². The van der Waals surface area contributed by atoms with E-state index in [2.05, 4.69) is 4.74 Å². The van der Waals surface area contributed by atoms with E-state index in [0.29, 0.717) is 16.9 Å². The van der Waals surface area contributed by atoms with Crippen LogP contribution in [0.1, 0.15) is 28.7 Å². The Balaban J connectivity index is 1.85. The highest BCUT2D eigenvalue weighted by molar-refractivity contribution is 6.00. The van der Waals surface area contributed by atoms with Gasteiger partial charge in [0.1, 0.15) is 5.75 Å². The molecule has 0 aliphatic heterocycles. The summed E-state index contributed by atoms with van der Waals surface area (Å²) >= 11 is 0. The van der Waals surface area contributed by atoms with Crippen LogP contribution < -0.4 is 9.47 Å². The lowest BCUT2D eigenvalue weighted by molar-refractivity contribution is -0.0498. The molecule has 3 rings (SSSR count). The average Bonchev–Trinajstić information content (AvgIpc) is 2.97. The van der Waals surface area contributed by atoms with Crippen LogP contribution in [0, 0.1) is 19.7 Å². The Labute approximate surface area is 166 Å². The van der Waals surface area contributed by atoms with E-state index < -0.39 is 18.5 Å². The molecule has 4 nitrogen and oxygen atoms in total. The molecule has 3 aromatic rings. The van der Waals surface area contributed by atoms with Crippen LogP contribution in [-0.4, -0.2) is 23.1 Å². The predicted molar refractivity (Wildman–Crippen MR) is 103 cm³/mol. The van der Waals surface area contributed by atoms with Crippen LogP contribution in [-0.2, 0) is 0 Å². The number of halogens is 3. The van der Waals surface area contributed by atoms with E-state index in [1.165, 1.54) is 24.3 Å². The fourth-order valence-corrected chi connectivity index (χ4v) is 3.19. The molecular formula is C22H20F3NO3. The van der Waals surface area contributed by atoms with E-state index in [-0.39, 0.29) is 17.3 Å². The van der Waals surface area contributed by atoms with Crippen molar-refractivity contribution in [2.45, 2.75) is 33.5 Å². The van der Waals surface area contributed by atoms with E-state index in [4.69, 9.17) is 4.74 Å². The quantitative estimate of drug-likeness (QED) is 0.490. The number of benzene rings is 2. The number of aromatic nitrogens is 1. The molecule has 0 spiro atoms. The Kier molecular flexibility index (Phi) is 5.96. The van der Waals surface area contributed by atoms with Crippen molar-refractivity contribution in [1.29, 1.82) is 0 Å². The van der Waals surface area contributed by atoms with Crippen LogP contribution in [0.3, 0.4) is 0 Å². The molecule has 0 aliphatic rings. The van der Waals surface area contributed by atoms with Gasteiger partial charge in [-0.1, -0.05) is 12.1 Å². The second kappa shape index (κ2) is 8.43. The van der Waals surface area contributed by atoms with Crippen molar-refractivity contribution < 1.29 is 27.4 Å². The first-order valence-electron chi connectivity index (χ1n) is 8.97. The number of alkyl halides is 2. The summed E-state index contributed by atoms with van der Waals surface area (Å²) in [6.45, 7) is 2.28. The number of Topliss-reactive ketones (excluding diaryl/α,β-unsaturated/α-hetero) is 1. The van der Waals surface area contributed by atoms with Gasteiger partial charge in [0.05, 0.1) is 0 Å². The number of para-hydroxylation sites is 1. The Morgan fingerprint density at radius 3 is 2.28 bits per heavy atom. The number of rotatable bonds is 7. The van der Waals surface area contributed by atoms with Crippen molar-refractivity contribution in [3.05, 3.63) is 77.4 Å². The molecule has 0 saturated carbocycles. The lowest BCUT2D eigenvalue weighted by Gasteiger charge is -2.15. The topological polar surface area (TPSA) is 40.5 Å². The minimum Gasteiger partial charge on any atom is -0.479 e. The third-order valence-electron chi connectivity index (χ3n) is 4.53. The number of carbonyl (C=O) groups is 1. The first kappa shape index (κ1) is 20.5.